The number of benzene rings is 1. The van der Waals surface area contributed by atoms with E-state index in [-0.39, 0.29) is 36.7 Å². The summed E-state index contributed by atoms with van der Waals surface area (Å²) in [6.07, 6.45) is 2.82. The van der Waals surface area contributed by atoms with E-state index < -0.39 is 0 Å². The topological polar surface area (TPSA) is 44.5 Å². The number of hydrogen-bond donors (Lipinski definition) is 1. The van der Waals surface area contributed by atoms with E-state index in [0.717, 1.165) is 24.3 Å². The van der Waals surface area contributed by atoms with Crippen molar-refractivity contribution in [2.45, 2.75) is 64.1 Å². The van der Waals surface area contributed by atoms with Crippen LogP contribution in [0.2, 0.25) is 5.02 Å². The SMILES string of the molecule is CC1(C)OB(C(N)CCCc2cccc(Cl)c2)OC1(C)C.Cl. The van der Waals surface area contributed by atoms with Crippen molar-refractivity contribution in [1.82, 2.24) is 0 Å². The highest BCUT2D eigenvalue weighted by Crippen LogP contribution is 2.37. The van der Waals surface area contributed by atoms with Crippen LogP contribution in [-0.4, -0.2) is 24.3 Å². The molecule has 0 aliphatic carbocycles. The average Bonchev–Trinajstić information content (AvgIpc) is 2.58. The van der Waals surface area contributed by atoms with E-state index in [4.69, 9.17) is 26.6 Å². The van der Waals surface area contributed by atoms with Crippen molar-refractivity contribution in [2.24, 2.45) is 5.73 Å². The van der Waals surface area contributed by atoms with Crippen LogP contribution < -0.4 is 5.73 Å². The van der Waals surface area contributed by atoms with Gasteiger partial charge in [0, 0.05) is 11.0 Å². The second-order valence-corrected chi connectivity index (χ2v) is 7.25. The molecule has 124 valence electrons. The van der Waals surface area contributed by atoms with Gasteiger partial charge in [-0.25, -0.2) is 0 Å². The van der Waals surface area contributed by atoms with Crippen molar-refractivity contribution >= 4 is 31.1 Å². The second kappa shape index (κ2) is 7.54. The monoisotopic (exact) mass is 345 g/mol. The molecule has 1 aliphatic heterocycles. The standard InChI is InChI=1S/C16H25BClNO2.ClH/c1-15(2)16(3,4)21-17(20-15)14(19)10-6-8-12-7-5-9-13(18)11-12;/h5,7,9,11,14H,6,8,10,19H2,1-4H3;1H. The zero-order valence-electron chi connectivity index (χ0n) is 13.8. The lowest BCUT2D eigenvalue weighted by Crippen LogP contribution is -2.41. The normalized spacial score (nSPS) is 20.5. The summed E-state index contributed by atoms with van der Waals surface area (Å²) in [4.78, 5) is 0. The highest BCUT2D eigenvalue weighted by atomic mass is 35.5. The van der Waals surface area contributed by atoms with E-state index in [1.807, 2.05) is 45.9 Å². The lowest BCUT2D eigenvalue weighted by Gasteiger charge is -2.32. The largest absolute Gasteiger partial charge is 0.475 e. The summed E-state index contributed by atoms with van der Waals surface area (Å²) in [5, 5.41) is 0.780. The van der Waals surface area contributed by atoms with E-state index >= 15 is 0 Å². The van der Waals surface area contributed by atoms with Crippen molar-refractivity contribution in [1.29, 1.82) is 0 Å². The molecule has 1 fully saturated rings. The van der Waals surface area contributed by atoms with Crippen LogP contribution in [0, 0.1) is 0 Å². The fourth-order valence-electron chi connectivity index (χ4n) is 2.43. The minimum atomic E-state index is -0.325. The molecule has 1 heterocycles. The van der Waals surface area contributed by atoms with Gasteiger partial charge in [0.25, 0.3) is 0 Å². The highest BCUT2D eigenvalue weighted by Gasteiger charge is 2.52. The predicted molar refractivity (Wildman–Crippen MR) is 95.7 cm³/mol. The molecular formula is C16H26BCl2NO2. The Morgan fingerprint density at radius 3 is 2.32 bits per heavy atom. The number of halogens is 2. The molecule has 0 saturated carbocycles. The van der Waals surface area contributed by atoms with Crippen LogP contribution in [0.3, 0.4) is 0 Å². The molecule has 2 N–H and O–H groups in total. The lowest BCUT2D eigenvalue weighted by molar-refractivity contribution is 0.00578. The Hall–Kier alpha value is -0.255. The summed E-state index contributed by atoms with van der Waals surface area (Å²) in [5.41, 5.74) is 6.84. The smallest absolute Gasteiger partial charge is 0.402 e. The Bertz CT molecular complexity index is 481. The molecule has 1 aromatic rings. The summed E-state index contributed by atoms with van der Waals surface area (Å²) in [6, 6.07) is 7.96. The minimum absolute atomic E-state index is 0. The molecule has 1 saturated heterocycles. The zero-order chi connectivity index (χ0) is 15.7. The van der Waals surface area contributed by atoms with Gasteiger partial charge in [0.2, 0.25) is 0 Å². The van der Waals surface area contributed by atoms with Crippen LogP contribution in [-0.2, 0) is 15.7 Å². The molecule has 0 radical (unpaired) electrons. The fraction of sp³-hybridized carbons (Fsp3) is 0.625. The minimum Gasteiger partial charge on any atom is -0.402 e. The van der Waals surface area contributed by atoms with Crippen molar-refractivity contribution < 1.29 is 9.31 Å². The van der Waals surface area contributed by atoms with Crippen LogP contribution >= 0.6 is 24.0 Å². The summed E-state index contributed by atoms with van der Waals surface area (Å²) < 4.78 is 12.0. The maximum Gasteiger partial charge on any atom is 0.475 e. The molecule has 0 aromatic heterocycles. The molecule has 6 heteroatoms. The van der Waals surface area contributed by atoms with Gasteiger partial charge in [-0.15, -0.1) is 12.4 Å². The third kappa shape index (κ3) is 4.62. The van der Waals surface area contributed by atoms with Gasteiger partial charge in [-0.1, -0.05) is 23.7 Å². The maximum absolute atomic E-state index is 6.24. The molecule has 0 amide bonds. The first kappa shape index (κ1) is 19.8. The molecule has 3 nitrogen and oxygen atoms in total. The molecule has 1 atom stereocenters. The summed E-state index contributed by atoms with van der Waals surface area (Å²) in [5.74, 6) is -0.106. The molecule has 22 heavy (non-hydrogen) atoms. The predicted octanol–water partition coefficient (Wildman–Crippen LogP) is 4.04. The number of rotatable bonds is 5. The Morgan fingerprint density at radius 2 is 1.77 bits per heavy atom. The second-order valence-electron chi connectivity index (χ2n) is 6.81. The van der Waals surface area contributed by atoms with Crippen molar-refractivity contribution in [3.8, 4) is 0 Å². The molecule has 0 bridgehead atoms. The van der Waals surface area contributed by atoms with Crippen molar-refractivity contribution in [2.75, 3.05) is 0 Å². The van der Waals surface area contributed by atoms with Gasteiger partial charge in [-0.3, -0.25) is 0 Å². The van der Waals surface area contributed by atoms with Gasteiger partial charge >= 0.3 is 7.12 Å². The number of hydrogen-bond acceptors (Lipinski definition) is 3. The van der Waals surface area contributed by atoms with Gasteiger partial charge in [0.05, 0.1) is 11.2 Å². The van der Waals surface area contributed by atoms with Crippen LogP contribution in [0.15, 0.2) is 24.3 Å². The Balaban J connectivity index is 0.00000242. The quantitative estimate of drug-likeness (QED) is 0.819. The van der Waals surface area contributed by atoms with E-state index in [9.17, 15) is 0 Å². The molecule has 1 aromatic carbocycles. The number of aryl methyl sites for hydroxylation is 1. The first-order valence-corrected chi connectivity index (χ1v) is 7.95. The van der Waals surface area contributed by atoms with E-state index in [0.29, 0.717) is 0 Å². The number of nitrogens with two attached hydrogens (primary N) is 1. The molecule has 1 aliphatic rings. The molecule has 2 rings (SSSR count). The first-order valence-electron chi connectivity index (χ1n) is 7.57. The van der Waals surface area contributed by atoms with Crippen LogP contribution in [0.5, 0.6) is 0 Å². The van der Waals surface area contributed by atoms with E-state index in [1.54, 1.807) is 0 Å². The van der Waals surface area contributed by atoms with Crippen LogP contribution in [0.25, 0.3) is 0 Å². The molecular weight excluding hydrogens is 320 g/mol. The Morgan fingerprint density at radius 1 is 1.18 bits per heavy atom. The third-order valence-corrected chi connectivity index (χ3v) is 4.75. The van der Waals surface area contributed by atoms with Gasteiger partial charge in [-0.2, -0.15) is 0 Å². The van der Waals surface area contributed by atoms with Crippen LogP contribution in [0.1, 0.15) is 46.1 Å². The van der Waals surface area contributed by atoms with Crippen molar-refractivity contribution in [3.05, 3.63) is 34.9 Å². The van der Waals surface area contributed by atoms with Gasteiger partial charge in [0.15, 0.2) is 0 Å². The summed E-state index contributed by atoms with van der Waals surface area (Å²) in [7, 11) is -0.325. The van der Waals surface area contributed by atoms with E-state index in [2.05, 4.69) is 6.07 Å². The third-order valence-electron chi connectivity index (χ3n) is 4.51. The highest BCUT2D eigenvalue weighted by molar-refractivity contribution is 6.47. The Kier molecular flexibility index (Phi) is 6.79. The molecule has 0 spiro atoms. The van der Waals surface area contributed by atoms with Crippen LogP contribution in [0.4, 0.5) is 0 Å². The van der Waals surface area contributed by atoms with Gasteiger partial charge in [0.1, 0.15) is 0 Å². The average molecular weight is 346 g/mol. The first-order chi connectivity index (χ1) is 9.71. The summed E-state index contributed by atoms with van der Waals surface area (Å²) in [6.45, 7) is 8.19. The van der Waals surface area contributed by atoms with Gasteiger partial charge in [-0.05, 0) is 64.7 Å². The van der Waals surface area contributed by atoms with Gasteiger partial charge < -0.3 is 15.0 Å². The van der Waals surface area contributed by atoms with Crippen molar-refractivity contribution in [3.63, 3.8) is 0 Å². The Labute approximate surface area is 145 Å². The zero-order valence-corrected chi connectivity index (χ0v) is 15.3. The molecule has 1 unspecified atom stereocenters. The maximum atomic E-state index is 6.24. The van der Waals surface area contributed by atoms with E-state index in [1.165, 1.54) is 5.56 Å². The fourth-order valence-corrected chi connectivity index (χ4v) is 2.65. The summed E-state index contributed by atoms with van der Waals surface area (Å²) >= 11 is 5.99. The lowest BCUT2D eigenvalue weighted by atomic mass is 9.76.